The molecule has 1 amide bonds. The monoisotopic (exact) mass is 374 g/mol. The number of hydrogen-bond acceptors (Lipinski definition) is 4. The Labute approximate surface area is 154 Å². The van der Waals surface area contributed by atoms with Gasteiger partial charge >= 0.3 is 0 Å². The van der Waals surface area contributed by atoms with E-state index in [1.165, 1.54) is 11.4 Å². The minimum atomic E-state index is -3.60. The SMILES string of the molecule is CN(CCOc1ccccc1)S(=O)(=O)c1ccc(N2CCCC2=O)cc1. The molecule has 2 aromatic rings. The van der Waals surface area contributed by atoms with Crippen LogP contribution in [0.25, 0.3) is 0 Å². The van der Waals surface area contributed by atoms with Crippen LogP contribution in [0.3, 0.4) is 0 Å². The normalized spacial score (nSPS) is 14.8. The molecule has 1 fully saturated rings. The Balaban J connectivity index is 1.62. The molecule has 138 valence electrons. The maximum Gasteiger partial charge on any atom is 0.242 e. The van der Waals surface area contributed by atoms with Crippen LogP contribution in [-0.4, -0.2) is 45.4 Å². The second kappa shape index (κ2) is 7.88. The predicted octanol–water partition coefficient (Wildman–Crippen LogP) is 2.51. The summed E-state index contributed by atoms with van der Waals surface area (Å²) in [5.74, 6) is 0.786. The average molecular weight is 374 g/mol. The van der Waals surface area contributed by atoms with E-state index in [1.54, 1.807) is 29.2 Å². The van der Waals surface area contributed by atoms with E-state index in [0.717, 1.165) is 12.1 Å². The number of hydrogen-bond donors (Lipinski definition) is 0. The van der Waals surface area contributed by atoms with E-state index in [0.29, 0.717) is 18.7 Å². The van der Waals surface area contributed by atoms with Crippen LogP contribution in [0.4, 0.5) is 5.69 Å². The van der Waals surface area contributed by atoms with Gasteiger partial charge in [0.1, 0.15) is 12.4 Å². The molecule has 2 aromatic carbocycles. The highest BCUT2D eigenvalue weighted by atomic mass is 32.2. The molecule has 26 heavy (non-hydrogen) atoms. The molecule has 1 saturated heterocycles. The highest BCUT2D eigenvalue weighted by molar-refractivity contribution is 7.89. The molecule has 3 rings (SSSR count). The zero-order chi connectivity index (χ0) is 18.6. The van der Waals surface area contributed by atoms with Gasteiger partial charge in [-0.3, -0.25) is 4.79 Å². The van der Waals surface area contributed by atoms with E-state index in [9.17, 15) is 13.2 Å². The molecule has 7 heteroatoms. The van der Waals surface area contributed by atoms with Crippen LogP contribution < -0.4 is 9.64 Å². The van der Waals surface area contributed by atoms with E-state index in [4.69, 9.17) is 4.74 Å². The third-order valence-electron chi connectivity index (χ3n) is 4.35. The number of para-hydroxylation sites is 1. The maximum atomic E-state index is 12.7. The Bertz CT molecular complexity index is 851. The van der Waals surface area contributed by atoms with Gasteiger partial charge in [-0.2, -0.15) is 4.31 Å². The van der Waals surface area contributed by atoms with Crippen LogP contribution in [-0.2, 0) is 14.8 Å². The van der Waals surface area contributed by atoms with Crippen LogP contribution in [0.2, 0.25) is 0 Å². The number of benzene rings is 2. The van der Waals surface area contributed by atoms with Crippen molar-refractivity contribution in [1.82, 2.24) is 4.31 Å². The van der Waals surface area contributed by atoms with Gasteiger partial charge in [0.15, 0.2) is 0 Å². The van der Waals surface area contributed by atoms with Crippen LogP contribution in [0, 0.1) is 0 Å². The standard InChI is InChI=1S/C19H22N2O4S/c1-20(14-15-25-17-6-3-2-4-7-17)26(23,24)18-11-9-16(10-12-18)21-13-5-8-19(21)22/h2-4,6-7,9-12H,5,8,13-15H2,1H3. The summed E-state index contributed by atoms with van der Waals surface area (Å²) in [5, 5.41) is 0. The van der Waals surface area contributed by atoms with Gasteiger partial charge in [-0.15, -0.1) is 0 Å². The number of nitrogens with zero attached hydrogens (tertiary/aromatic N) is 2. The van der Waals surface area contributed by atoms with Crippen LogP contribution in [0.1, 0.15) is 12.8 Å². The smallest absolute Gasteiger partial charge is 0.242 e. The van der Waals surface area contributed by atoms with Crippen molar-refractivity contribution in [2.75, 3.05) is 31.6 Å². The number of carbonyl (C=O) groups is 1. The Morgan fingerprint density at radius 3 is 2.38 bits per heavy atom. The van der Waals surface area contributed by atoms with Crippen molar-refractivity contribution < 1.29 is 17.9 Å². The molecule has 0 bridgehead atoms. The number of likely N-dealkylation sites (N-methyl/N-ethyl adjacent to an activating group) is 1. The van der Waals surface area contributed by atoms with E-state index < -0.39 is 10.0 Å². The lowest BCUT2D eigenvalue weighted by Crippen LogP contribution is -2.31. The quantitative estimate of drug-likeness (QED) is 0.747. The lowest BCUT2D eigenvalue weighted by molar-refractivity contribution is -0.117. The maximum absolute atomic E-state index is 12.7. The van der Waals surface area contributed by atoms with E-state index in [1.807, 2.05) is 30.3 Å². The van der Waals surface area contributed by atoms with Gasteiger partial charge in [0, 0.05) is 32.2 Å². The van der Waals surface area contributed by atoms with Gasteiger partial charge in [-0.25, -0.2) is 8.42 Å². The van der Waals surface area contributed by atoms with Crippen molar-refractivity contribution in [3.05, 3.63) is 54.6 Å². The molecule has 0 saturated carbocycles. The summed E-state index contributed by atoms with van der Waals surface area (Å²) in [6.07, 6.45) is 1.38. The van der Waals surface area contributed by atoms with Gasteiger partial charge in [0.05, 0.1) is 4.90 Å². The molecule has 0 unspecified atom stereocenters. The summed E-state index contributed by atoms with van der Waals surface area (Å²) in [4.78, 5) is 13.7. The number of anilines is 1. The summed E-state index contributed by atoms with van der Waals surface area (Å²) in [6.45, 7) is 1.19. The fourth-order valence-electron chi connectivity index (χ4n) is 2.83. The zero-order valence-electron chi connectivity index (χ0n) is 14.7. The van der Waals surface area contributed by atoms with Crippen LogP contribution in [0.5, 0.6) is 5.75 Å². The molecule has 1 aliphatic heterocycles. The molecular formula is C19H22N2O4S. The van der Waals surface area contributed by atoms with E-state index >= 15 is 0 Å². The van der Waals surface area contributed by atoms with Gasteiger partial charge in [0.25, 0.3) is 0 Å². The first kappa shape index (κ1) is 18.4. The third kappa shape index (κ3) is 4.05. The molecule has 0 spiro atoms. The largest absolute Gasteiger partial charge is 0.492 e. The first-order valence-electron chi connectivity index (χ1n) is 8.53. The fourth-order valence-corrected chi connectivity index (χ4v) is 3.98. The lowest BCUT2D eigenvalue weighted by Gasteiger charge is -2.19. The van der Waals surface area contributed by atoms with Crippen LogP contribution in [0.15, 0.2) is 59.5 Å². The van der Waals surface area contributed by atoms with Gasteiger partial charge in [-0.05, 0) is 42.8 Å². The number of amides is 1. The van der Waals surface area contributed by atoms with Crippen molar-refractivity contribution in [1.29, 1.82) is 0 Å². The first-order valence-corrected chi connectivity index (χ1v) is 9.97. The Morgan fingerprint density at radius 1 is 1.08 bits per heavy atom. The minimum absolute atomic E-state index is 0.0794. The summed E-state index contributed by atoms with van der Waals surface area (Å²) < 4.78 is 32.1. The number of sulfonamides is 1. The Kier molecular flexibility index (Phi) is 5.58. The third-order valence-corrected chi connectivity index (χ3v) is 6.22. The second-order valence-electron chi connectivity index (χ2n) is 6.13. The average Bonchev–Trinajstić information content (AvgIpc) is 3.08. The molecule has 0 radical (unpaired) electrons. The topological polar surface area (TPSA) is 66.9 Å². The molecule has 0 aliphatic carbocycles. The molecular weight excluding hydrogens is 352 g/mol. The summed E-state index contributed by atoms with van der Waals surface area (Å²) in [5.41, 5.74) is 0.738. The predicted molar refractivity (Wildman–Crippen MR) is 99.8 cm³/mol. The minimum Gasteiger partial charge on any atom is -0.492 e. The second-order valence-corrected chi connectivity index (χ2v) is 8.18. The highest BCUT2D eigenvalue weighted by Crippen LogP contribution is 2.24. The van der Waals surface area contributed by atoms with Crippen molar-refractivity contribution >= 4 is 21.6 Å². The molecule has 6 nitrogen and oxygen atoms in total. The van der Waals surface area contributed by atoms with Crippen molar-refractivity contribution in [2.24, 2.45) is 0 Å². The lowest BCUT2D eigenvalue weighted by atomic mass is 10.3. The fraction of sp³-hybridized carbons (Fsp3) is 0.316. The number of carbonyl (C=O) groups excluding carboxylic acids is 1. The van der Waals surface area contributed by atoms with E-state index in [2.05, 4.69) is 0 Å². The van der Waals surface area contributed by atoms with Crippen molar-refractivity contribution in [3.63, 3.8) is 0 Å². The number of ether oxygens (including phenoxy) is 1. The van der Waals surface area contributed by atoms with E-state index in [-0.39, 0.29) is 24.0 Å². The van der Waals surface area contributed by atoms with Gasteiger partial charge < -0.3 is 9.64 Å². The molecule has 0 N–H and O–H groups in total. The molecule has 0 atom stereocenters. The summed E-state index contributed by atoms with van der Waals surface area (Å²) in [6, 6.07) is 15.7. The summed E-state index contributed by atoms with van der Waals surface area (Å²) in [7, 11) is -2.07. The molecule has 1 heterocycles. The van der Waals surface area contributed by atoms with Gasteiger partial charge in [-0.1, -0.05) is 18.2 Å². The first-order chi connectivity index (χ1) is 12.5. The molecule has 1 aliphatic rings. The van der Waals surface area contributed by atoms with Crippen molar-refractivity contribution in [2.45, 2.75) is 17.7 Å². The Hall–Kier alpha value is -2.38. The van der Waals surface area contributed by atoms with Gasteiger partial charge in [0.2, 0.25) is 15.9 Å². The number of rotatable bonds is 7. The highest BCUT2D eigenvalue weighted by Gasteiger charge is 2.24. The van der Waals surface area contributed by atoms with Crippen molar-refractivity contribution in [3.8, 4) is 5.75 Å². The Morgan fingerprint density at radius 2 is 1.77 bits per heavy atom. The molecule has 0 aromatic heterocycles. The summed E-state index contributed by atoms with van der Waals surface area (Å²) >= 11 is 0. The zero-order valence-corrected chi connectivity index (χ0v) is 15.5. The van der Waals surface area contributed by atoms with Crippen LogP contribution >= 0.6 is 0 Å².